The van der Waals surface area contributed by atoms with E-state index in [4.69, 9.17) is 40.1 Å². The number of hydrogen-bond donors (Lipinski definition) is 13. The number of unbranched alkanes of at least 4 members (excludes halogenated alkanes) is 1. The number of carbonyl (C=O) groups is 11. The van der Waals surface area contributed by atoms with Crippen LogP contribution in [0.15, 0.2) is 64.6 Å². The number of Topliss-reactive ketones (excluding diaryl/α,β-unsaturated/α-hetero) is 4. The average molecular weight is 1120 g/mol. The van der Waals surface area contributed by atoms with Gasteiger partial charge in [-0.15, -0.1) is 0 Å². The largest absolute Gasteiger partial charge is 0.508 e. The third-order valence-electron chi connectivity index (χ3n) is 13.3. The number of primary amides is 3. The van der Waals surface area contributed by atoms with Crippen LogP contribution in [-0.4, -0.2) is 129 Å². The third kappa shape index (κ3) is 26.9. The molecule has 0 aliphatic heterocycles. The van der Waals surface area contributed by atoms with Crippen molar-refractivity contribution in [3.63, 3.8) is 0 Å². The fourth-order valence-electron chi connectivity index (χ4n) is 8.68. The summed E-state index contributed by atoms with van der Waals surface area (Å²) in [5.41, 5.74) is 39.8. The molecule has 26 heteroatoms. The van der Waals surface area contributed by atoms with Gasteiger partial charge in [-0.05, 0) is 88.0 Å². The fourth-order valence-corrected chi connectivity index (χ4v) is 8.68. The molecule has 0 spiro atoms. The fraction of sp³-hybridized carbons (Fsp3) is 0.537. The van der Waals surface area contributed by atoms with Crippen molar-refractivity contribution in [2.24, 2.45) is 79.7 Å². The third-order valence-corrected chi connectivity index (χ3v) is 13.3. The molecule has 0 aliphatic carbocycles. The topological polar surface area (TPSA) is 491 Å². The van der Waals surface area contributed by atoms with Gasteiger partial charge < -0.3 is 71.4 Å². The second kappa shape index (κ2) is 35.3. The zero-order chi connectivity index (χ0) is 60.1. The molecule has 20 N–H and O–H groups in total. The number of aliphatic hydroxyl groups excluding tert-OH is 1. The van der Waals surface area contributed by atoms with Crippen LogP contribution in [0.4, 0.5) is 0 Å². The first-order valence-electron chi connectivity index (χ1n) is 26.4. The number of rotatable bonds is 41. The lowest BCUT2D eigenvalue weighted by atomic mass is 9.87. The number of phenolic OH excluding ortho intramolecular Hbond substituents is 1. The standard InChI is InChI=1S/C54H80N12O14/c1-30(23-48(75)76)42(69)29-38(31(2)67)52(80)66-39(11-6-7-21-62-53(58)59)43(70)26-34(15-19-46(55)73)50(78)65-41(18-20-47(56)74)45(72)28-36(25-33-13-16-37(68)17-14-33)51(79)64-40(12-8-22-63-54(60)61)44(71)27-35(49(57)77)24-32-9-4-3-5-10-32/h3-5,9-10,13-14,16-17,30-31,34-36,38-41,67-68H,6-8,11-12,15,18-29H2,1-2H3,(H2,55,73)(H2,56,74)(H2,57,77)(H,64,79)(H,65,78)(H,66,80)(H,75,76)(H4,58,59,62)(H4,60,61,63)/t30-,31+,34+,35+,36+,38-,39-,40-,41-/m0/s1. The summed E-state index contributed by atoms with van der Waals surface area (Å²) in [5.74, 6) is -15.8. The number of guanidine groups is 2. The van der Waals surface area contributed by atoms with E-state index in [9.17, 15) is 68.1 Å². The van der Waals surface area contributed by atoms with Crippen LogP contribution in [0.3, 0.4) is 0 Å². The molecule has 0 saturated carbocycles. The molecule has 0 heterocycles. The number of benzene rings is 2. The number of aliphatic carboxylic acids is 1. The summed E-state index contributed by atoms with van der Waals surface area (Å²) in [6.45, 7) is 2.79. The zero-order valence-electron chi connectivity index (χ0n) is 45.4. The summed E-state index contributed by atoms with van der Waals surface area (Å²) in [5, 5.41) is 37.7. The van der Waals surface area contributed by atoms with Gasteiger partial charge in [0.1, 0.15) is 11.5 Å². The van der Waals surface area contributed by atoms with E-state index in [1.165, 1.54) is 38.1 Å². The quantitative estimate of drug-likeness (QED) is 0.0214. The molecule has 0 aliphatic rings. The first-order valence-corrected chi connectivity index (χ1v) is 26.4. The molecule has 440 valence electrons. The Hall–Kier alpha value is -8.29. The van der Waals surface area contributed by atoms with Crippen LogP contribution in [0.25, 0.3) is 0 Å². The number of ketones is 4. The number of aliphatic hydroxyl groups is 1. The molecule has 0 radical (unpaired) electrons. The zero-order valence-corrected chi connectivity index (χ0v) is 45.4. The van der Waals surface area contributed by atoms with Crippen molar-refractivity contribution < 1.29 is 68.1 Å². The SMILES string of the molecule is C[C@@H](CC(=O)O)C(=O)C[C@H](C(=O)N[C@@H](CCCCN=C(N)N)C(=O)C[C@@H](CCC(N)=O)C(=O)N[C@@H](CCC(N)=O)C(=O)C[C@@H](Cc1ccc(O)cc1)C(=O)N[C@@H](CCCN=C(N)N)C(=O)C[C@@H](Cc1ccccc1)C(N)=O)[C@@H](C)O. The van der Waals surface area contributed by atoms with E-state index in [0.717, 1.165) is 5.56 Å². The minimum atomic E-state index is -1.55. The van der Waals surface area contributed by atoms with Gasteiger partial charge in [-0.3, -0.25) is 62.7 Å². The van der Waals surface area contributed by atoms with Crippen LogP contribution >= 0.6 is 0 Å². The predicted octanol–water partition coefficient (Wildman–Crippen LogP) is -1.06. The predicted molar refractivity (Wildman–Crippen MR) is 294 cm³/mol. The Morgan fingerprint density at radius 2 is 0.950 bits per heavy atom. The molecule has 0 saturated heterocycles. The summed E-state index contributed by atoms with van der Waals surface area (Å²) in [7, 11) is 0. The monoisotopic (exact) mass is 1120 g/mol. The van der Waals surface area contributed by atoms with Crippen molar-refractivity contribution in [3.8, 4) is 5.75 Å². The molecule has 0 bridgehead atoms. The van der Waals surface area contributed by atoms with Gasteiger partial charge in [0.15, 0.2) is 29.3 Å². The molecule has 2 rings (SSSR count). The van der Waals surface area contributed by atoms with Crippen molar-refractivity contribution in [2.75, 3.05) is 13.1 Å². The number of amides is 6. The minimum absolute atomic E-state index is 0.0159. The van der Waals surface area contributed by atoms with E-state index in [0.29, 0.717) is 12.0 Å². The van der Waals surface area contributed by atoms with Gasteiger partial charge in [0.2, 0.25) is 35.4 Å². The summed E-state index contributed by atoms with van der Waals surface area (Å²) in [6.07, 6.45) is -5.29. The molecule has 2 aromatic carbocycles. The second-order valence-electron chi connectivity index (χ2n) is 20.0. The van der Waals surface area contributed by atoms with E-state index >= 15 is 0 Å². The maximum Gasteiger partial charge on any atom is 0.304 e. The Labute approximate surface area is 464 Å². The van der Waals surface area contributed by atoms with Crippen molar-refractivity contribution in [3.05, 3.63) is 65.7 Å². The summed E-state index contributed by atoms with van der Waals surface area (Å²) < 4.78 is 0. The number of phenols is 1. The molecule has 80 heavy (non-hydrogen) atoms. The number of hydrogen-bond acceptors (Lipinski definition) is 15. The molecule has 2 aromatic rings. The molecular formula is C54H80N12O14. The lowest BCUT2D eigenvalue weighted by molar-refractivity contribution is -0.141. The lowest BCUT2D eigenvalue weighted by Gasteiger charge is -2.27. The number of nitrogens with two attached hydrogens (primary N) is 7. The first kappa shape index (κ1) is 67.8. The second-order valence-corrected chi connectivity index (χ2v) is 20.0. The molecule has 0 fully saturated rings. The summed E-state index contributed by atoms with van der Waals surface area (Å²) in [4.78, 5) is 155. The highest BCUT2D eigenvalue weighted by atomic mass is 16.4. The van der Waals surface area contributed by atoms with Crippen molar-refractivity contribution >= 4 is 76.5 Å². The summed E-state index contributed by atoms with van der Waals surface area (Å²) in [6, 6.07) is 10.3. The van der Waals surface area contributed by atoms with Crippen molar-refractivity contribution in [1.29, 1.82) is 0 Å². The highest BCUT2D eigenvalue weighted by molar-refractivity contribution is 5.98. The Balaban J connectivity index is 2.57. The van der Waals surface area contributed by atoms with Gasteiger partial charge in [0.25, 0.3) is 0 Å². The summed E-state index contributed by atoms with van der Waals surface area (Å²) >= 11 is 0. The Bertz CT molecular complexity index is 2500. The number of nitrogens with one attached hydrogen (secondary N) is 3. The van der Waals surface area contributed by atoms with Gasteiger partial charge in [-0.2, -0.15) is 0 Å². The molecular weight excluding hydrogens is 1040 g/mol. The van der Waals surface area contributed by atoms with Gasteiger partial charge in [0.05, 0.1) is 36.6 Å². The molecule has 0 aromatic heterocycles. The van der Waals surface area contributed by atoms with Crippen LogP contribution in [0.5, 0.6) is 5.75 Å². The smallest absolute Gasteiger partial charge is 0.304 e. The van der Waals surface area contributed by atoms with Gasteiger partial charge in [0, 0.05) is 75.3 Å². The number of carbonyl (C=O) groups excluding carboxylic acids is 10. The Kier molecular flexibility index (Phi) is 29.9. The van der Waals surface area contributed by atoms with Crippen LogP contribution in [-0.2, 0) is 65.6 Å². The highest BCUT2D eigenvalue weighted by Gasteiger charge is 2.36. The highest BCUT2D eigenvalue weighted by Crippen LogP contribution is 2.23. The van der Waals surface area contributed by atoms with Gasteiger partial charge in [-0.25, -0.2) is 0 Å². The van der Waals surface area contributed by atoms with Crippen LogP contribution in [0.1, 0.15) is 115 Å². The van der Waals surface area contributed by atoms with Gasteiger partial charge in [-0.1, -0.05) is 49.4 Å². The van der Waals surface area contributed by atoms with E-state index in [2.05, 4.69) is 25.9 Å². The number of aromatic hydroxyl groups is 1. The maximum absolute atomic E-state index is 14.6. The number of carboxylic acid groups (broad SMARTS) is 1. The van der Waals surface area contributed by atoms with Crippen molar-refractivity contribution in [1.82, 2.24) is 16.0 Å². The van der Waals surface area contributed by atoms with E-state index in [-0.39, 0.29) is 82.1 Å². The minimum Gasteiger partial charge on any atom is -0.508 e. The maximum atomic E-state index is 14.6. The molecule has 0 unspecified atom stereocenters. The number of carboxylic acids is 1. The number of nitrogens with zero attached hydrogens (tertiary/aromatic N) is 2. The average Bonchev–Trinajstić information content (AvgIpc) is 3.37. The normalized spacial score (nSPS) is 14.4. The van der Waals surface area contributed by atoms with E-state index in [1.54, 1.807) is 30.3 Å². The number of aliphatic imine (C=N–C) groups is 2. The van der Waals surface area contributed by atoms with E-state index in [1.807, 2.05) is 0 Å². The van der Waals surface area contributed by atoms with Crippen molar-refractivity contribution in [2.45, 2.75) is 141 Å². The lowest BCUT2D eigenvalue weighted by Crippen LogP contribution is -2.49. The van der Waals surface area contributed by atoms with Gasteiger partial charge >= 0.3 is 5.97 Å². The molecule has 26 nitrogen and oxygen atoms in total. The van der Waals surface area contributed by atoms with Crippen LogP contribution in [0, 0.1) is 29.6 Å². The van der Waals surface area contributed by atoms with Crippen LogP contribution in [0.2, 0.25) is 0 Å². The molecule has 9 atom stereocenters. The molecule has 6 amide bonds. The first-order chi connectivity index (χ1) is 37.7. The van der Waals surface area contributed by atoms with E-state index < -0.39 is 163 Å². The van der Waals surface area contributed by atoms with Crippen LogP contribution < -0.4 is 56.1 Å². The Morgan fingerprint density at radius 1 is 0.500 bits per heavy atom. The Morgan fingerprint density at radius 3 is 1.46 bits per heavy atom.